The SMILES string of the molecule is CC1CC(N(C)C(=O)C2CCCN2)CCN1Cc1ccccc1.Cl.Cl. The lowest BCUT2D eigenvalue weighted by Crippen LogP contribution is -2.52. The first-order valence-corrected chi connectivity index (χ1v) is 8.93. The lowest BCUT2D eigenvalue weighted by molar-refractivity contribution is -0.135. The number of hydrogen-bond acceptors (Lipinski definition) is 3. The lowest BCUT2D eigenvalue weighted by atomic mass is 9.96. The first-order chi connectivity index (χ1) is 11.1. The van der Waals surface area contributed by atoms with E-state index in [9.17, 15) is 4.79 Å². The van der Waals surface area contributed by atoms with Gasteiger partial charge in [-0.15, -0.1) is 24.8 Å². The van der Waals surface area contributed by atoms with Crippen LogP contribution >= 0.6 is 24.8 Å². The first-order valence-electron chi connectivity index (χ1n) is 8.93. The van der Waals surface area contributed by atoms with Crippen molar-refractivity contribution in [3.8, 4) is 0 Å². The van der Waals surface area contributed by atoms with E-state index in [0.717, 1.165) is 45.3 Å². The summed E-state index contributed by atoms with van der Waals surface area (Å²) in [5.74, 6) is 0.288. The topological polar surface area (TPSA) is 35.6 Å². The molecule has 2 fully saturated rings. The van der Waals surface area contributed by atoms with Gasteiger partial charge < -0.3 is 10.2 Å². The highest BCUT2D eigenvalue weighted by Gasteiger charge is 2.33. The molecule has 0 saturated carbocycles. The minimum absolute atomic E-state index is 0. The van der Waals surface area contributed by atoms with Crippen molar-refractivity contribution < 1.29 is 4.79 Å². The number of likely N-dealkylation sites (tertiary alicyclic amines) is 1. The van der Waals surface area contributed by atoms with Crippen molar-refractivity contribution in [3.63, 3.8) is 0 Å². The van der Waals surface area contributed by atoms with E-state index in [1.54, 1.807) is 0 Å². The Bertz CT molecular complexity index is 523. The minimum atomic E-state index is 0. The van der Waals surface area contributed by atoms with E-state index in [2.05, 4.69) is 47.5 Å². The van der Waals surface area contributed by atoms with Crippen molar-refractivity contribution >= 4 is 30.7 Å². The van der Waals surface area contributed by atoms with Crippen LogP contribution in [0.3, 0.4) is 0 Å². The van der Waals surface area contributed by atoms with Crippen LogP contribution in [0.4, 0.5) is 0 Å². The number of rotatable bonds is 4. The summed E-state index contributed by atoms with van der Waals surface area (Å²) in [5, 5.41) is 3.33. The van der Waals surface area contributed by atoms with Gasteiger partial charge in [0.15, 0.2) is 0 Å². The van der Waals surface area contributed by atoms with Gasteiger partial charge in [-0.2, -0.15) is 0 Å². The van der Waals surface area contributed by atoms with Gasteiger partial charge in [0.2, 0.25) is 5.91 Å². The highest BCUT2D eigenvalue weighted by atomic mass is 35.5. The van der Waals surface area contributed by atoms with Crippen LogP contribution in [0.15, 0.2) is 30.3 Å². The molecule has 0 radical (unpaired) electrons. The molecule has 6 heteroatoms. The van der Waals surface area contributed by atoms with E-state index in [-0.39, 0.29) is 36.8 Å². The van der Waals surface area contributed by atoms with Crippen LogP contribution in [0, 0.1) is 0 Å². The van der Waals surface area contributed by atoms with Crippen LogP contribution in [0.2, 0.25) is 0 Å². The normalized spacial score (nSPS) is 26.4. The van der Waals surface area contributed by atoms with Gasteiger partial charge in [0.25, 0.3) is 0 Å². The molecule has 3 rings (SSSR count). The minimum Gasteiger partial charge on any atom is -0.341 e. The van der Waals surface area contributed by atoms with E-state index in [0.29, 0.717) is 12.1 Å². The molecule has 4 nitrogen and oxygen atoms in total. The maximum atomic E-state index is 12.6. The average molecular weight is 388 g/mol. The van der Waals surface area contributed by atoms with Gasteiger partial charge in [-0.05, 0) is 44.7 Å². The predicted octanol–water partition coefficient (Wildman–Crippen LogP) is 3.09. The van der Waals surface area contributed by atoms with E-state index in [4.69, 9.17) is 0 Å². The number of carbonyl (C=O) groups is 1. The highest BCUT2D eigenvalue weighted by Crippen LogP contribution is 2.24. The average Bonchev–Trinajstić information content (AvgIpc) is 3.11. The number of piperidine rings is 1. The summed E-state index contributed by atoms with van der Waals surface area (Å²) in [4.78, 5) is 17.1. The fourth-order valence-corrected chi connectivity index (χ4v) is 3.92. The smallest absolute Gasteiger partial charge is 0.239 e. The van der Waals surface area contributed by atoms with Crippen LogP contribution in [0.25, 0.3) is 0 Å². The highest BCUT2D eigenvalue weighted by molar-refractivity contribution is 5.85. The number of nitrogens with one attached hydrogen (secondary N) is 1. The third-order valence-electron chi connectivity index (χ3n) is 5.47. The molecule has 142 valence electrons. The van der Waals surface area contributed by atoms with Gasteiger partial charge in [-0.1, -0.05) is 30.3 Å². The Morgan fingerprint density at radius 3 is 2.56 bits per heavy atom. The molecule has 0 aliphatic carbocycles. The Morgan fingerprint density at radius 2 is 1.96 bits per heavy atom. The molecule has 2 saturated heterocycles. The molecule has 25 heavy (non-hydrogen) atoms. The van der Waals surface area contributed by atoms with Gasteiger partial charge in [0, 0.05) is 32.2 Å². The Labute approximate surface area is 164 Å². The molecule has 1 aromatic rings. The third kappa shape index (κ3) is 5.58. The summed E-state index contributed by atoms with van der Waals surface area (Å²) in [5.41, 5.74) is 1.37. The Kier molecular flexibility index (Phi) is 9.22. The Hall–Kier alpha value is -0.810. The summed E-state index contributed by atoms with van der Waals surface area (Å²) >= 11 is 0. The van der Waals surface area contributed by atoms with Crippen molar-refractivity contribution in [3.05, 3.63) is 35.9 Å². The zero-order chi connectivity index (χ0) is 16.2. The summed E-state index contributed by atoms with van der Waals surface area (Å²) in [7, 11) is 1.99. The molecule has 0 spiro atoms. The van der Waals surface area contributed by atoms with Crippen molar-refractivity contribution in [2.75, 3.05) is 20.1 Å². The van der Waals surface area contributed by atoms with E-state index < -0.39 is 0 Å². The molecule has 1 amide bonds. The van der Waals surface area contributed by atoms with Crippen LogP contribution < -0.4 is 5.32 Å². The molecule has 2 aliphatic heterocycles. The second-order valence-electron chi connectivity index (χ2n) is 7.08. The molecule has 3 atom stereocenters. The maximum absolute atomic E-state index is 12.6. The number of nitrogens with zero attached hydrogens (tertiary/aromatic N) is 2. The summed E-state index contributed by atoms with van der Waals surface area (Å²) < 4.78 is 0. The second-order valence-corrected chi connectivity index (χ2v) is 7.08. The van der Waals surface area contributed by atoms with Crippen molar-refractivity contribution in [2.45, 2.75) is 57.3 Å². The van der Waals surface area contributed by atoms with Gasteiger partial charge in [0.05, 0.1) is 6.04 Å². The van der Waals surface area contributed by atoms with Crippen LogP contribution in [0.5, 0.6) is 0 Å². The number of benzene rings is 1. The van der Waals surface area contributed by atoms with Gasteiger partial charge in [-0.25, -0.2) is 0 Å². The molecule has 1 N–H and O–H groups in total. The first kappa shape index (κ1) is 22.2. The fourth-order valence-electron chi connectivity index (χ4n) is 3.92. The van der Waals surface area contributed by atoms with Crippen LogP contribution in [0.1, 0.15) is 38.2 Å². The number of likely N-dealkylation sites (N-methyl/N-ethyl adjacent to an activating group) is 1. The predicted molar refractivity (Wildman–Crippen MR) is 108 cm³/mol. The van der Waals surface area contributed by atoms with Gasteiger partial charge >= 0.3 is 0 Å². The fraction of sp³-hybridized carbons (Fsp3) is 0.632. The van der Waals surface area contributed by atoms with E-state index >= 15 is 0 Å². The molecule has 0 bridgehead atoms. The maximum Gasteiger partial charge on any atom is 0.239 e. The zero-order valence-corrected chi connectivity index (χ0v) is 16.8. The zero-order valence-electron chi connectivity index (χ0n) is 15.2. The number of carbonyl (C=O) groups excluding carboxylic acids is 1. The van der Waals surface area contributed by atoms with Crippen molar-refractivity contribution in [1.82, 2.24) is 15.1 Å². The lowest BCUT2D eigenvalue weighted by Gasteiger charge is -2.41. The van der Waals surface area contributed by atoms with Crippen LogP contribution in [-0.4, -0.2) is 54.0 Å². The summed E-state index contributed by atoms with van der Waals surface area (Å²) in [6.45, 7) is 5.35. The molecule has 0 aromatic heterocycles. The van der Waals surface area contributed by atoms with Gasteiger partial charge in [0.1, 0.15) is 0 Å². The molecule has 2 heterocycles. The van der Waals surface area contributed by atoms with Crippen molar-refractivity contribution in [1.29, 1.82) is 0 Å². The quantitative estimate of drug-likeness (QED) is 0.861. The third-order valence-corrected chi connectivity index (χ3v) is 5.47. The summed E-state index contributed by atoms with van der Waals surface area (Å²) in [6, 6.07) is 11.6. The number of amides is 1. The summed E-state index contributed by atoms with van der Waals surface area (Å²) in [6.07, 6.45) is 4.26. The van der Waals surface area contributed by atoms with Gasteiger partial charge in [-0.3, -0.25) is 9.69 Å². The molecule has 2 aliphatic rings. The standard InChI is InChI=1S/C19H29N3O.2ClH/c1-15-13-17(21(2)19(23)18-9-6-11-20-18)10-12-22(15)14-16-7-4-3-5-8-16;;/h3-5,7-8,15,17-18,20H,6,9-14H2,1-2H3;2*1H. The Morgan fingerprint density at radius 1 is 1.24 bits per heavy atom. The number of hydrogen-bond donors (Lipinski definition) is 1. The van der Waals surface area contributed by atoms with Crippen molar-refractivity contribution in [2.24, 2.45) is 0 Å². The molecule has 3 unspecified atom stereocenters. The molecular formula is C19H31Cl2N3O. The Balaban J connectivity index is 0.00000156. The monoisotopic (exact) mass is 387 g/mol. The molecular weight excluding hydrogens is 357 g/mol. The second kappa shape index (κ2) is 10.4. The number of halogens is 2. The van der Waals surface area contributed by atoms with E-state index in [1.807, 2.05) is 11.9 Å². The van der Waals surface area contributed by atoms with E-state index in [1.165, 1.54) is 5.56 Å². The van der Waals surface area contributed by atoms with Crippen LogP contribution in [-0.2, 0) is 11.3 Å². The molecule has 1 aromatic carbocycles. The largest absolute Gasteiger partial charge is 0.341 e.